The molecule has 0 aliphatic carbocycles. The molecule has 0 saturated heterocycles. The van der Waals surface area contributed by atoms with Crippen LogP contribution in [-0.2, 0) is 0 Å². The highest BCUT2D eigenvalue weighted by molar-refractivity contribution is 5.79. The van der Waals surface area contributed by atoms with E-state index in [0.717, 1.165) is 5.56 Å². The summed E-state index contributed by atoms with van der Waals surface area (Å²) in [6.45, 7) is 1.90. The van der Waals surface area contributed by atoms with Crippen molar-refractivity contribution in [2.75, 3.05) is 0 Å². The van der Waals surface area contributed by atoms with Crippen LogP contribution in [0.25, 0.3) is 0 Å². The van der Waals surface area contributed by atoms with Crippen LogP contribution in [-0.4, -0.2) is 11.0 Å². The highest BCUT2D eigenvalue weighted by Gasteiger charge is 1.99. The molecule has 0 fully saturated rings. The molecular formula is C8H10N4O2. The van der Waals surface area contributed by atoms with Gasteiger partial charge in [0.25, 0.3) is 5.96 Å². The topological polar surface area (TPSA) is 93.5 Å². The fraction of sp³-hybridized carbons (Fsp3) is 0.125. The minimum atomic E-state index is -0.755. The lowest BCUT2D eigenvalue weighted by molar-refractivity contribution is -0.525. The van der Waals surface area contributed by atoms with E-state index in [1.165, 1.54) is 0 Å². The summed E-state index contributed by atoms with van der Waals surface area (Å²) in [5.74, 6) is -0.236. The summed E-state index contributed by atoms with van der Waals surface area (Å²) in [5.41, 5.74) is 8.61. The third kappa shape index (κ3) is 3.10. The average Bonchev–Trinajstić information content (AvgIpc) is 2.01. The van der Waals surface area contributed by atoms with E-state index in [9.17, 15) is 10.1 Å². The van der Waals surface area contributed by atoms with Crippen LogP contribution in [0.4, 0.5) is 5.69 Å². The van der Waals surface area contributed by atoms with Gasteiger partial charge in [0.2, 0.25) is 0 Å². The van der Waals surface area contributed by atoms with Gasteiger partial charge >= 0.3 is 0 Å². The SMILES string of the molecule is Cc1cccc(N=C(N)N[N+](=O)[O-])c1. The molecule has 0 bridgehead atoms. The Morgan fingerprint density at radius 3 is 2.93 bits per heavy atom. The summed E-state index contributed by atoms with van der Waals surface area (Å²) in [6.07, 6.45) is 0. The van der Waals surface area contributed by atoms with Crippen molar-refractivity contribution in [2.24, 2.45) is 10.7 Å². The zero-order chi connectivity index (χ0) is 10.6. The Balaban J connectivity index is 2.80. The molecule has 0 aliphatic heterocycles. The van der Waals surface area contributed by atoms with Crippen molar-refractivity contribution in [1.82, 2.24) is 5.43 Å². The Morgan fingerprint density at radius 1 is 1.64 bits per heavy atom. The third-order valence-corrected chi connectivity index (χ3v) is 1.46. The van der Waals surface area contributed by atoms with E-state index in [1.807, 2.05) is 13.0 Å². The summed E-state index contributed by atoms with van der Waals surface area (Å²) in [4.78, 5) is 13.8. The van der Waals surface area contributed by atoms with Crippen molar-refractivity contribution in [3.05, 3.63) is 39.9 Å². The Kier molecular flexibility index (Phi) is 3.01. The van der Waals surface area contributed by atoms with Gasteiger partial charge in [-0.25, -0.2) is 15.1 Å². The van der Waals surface area contributed by atoms with Gasteiger partial charge in [0.1, 0.15) is 0 Å². The van der Waals surface area contributed by atoms with Gasteiger partial charge in [-0.1, -0.05) is 17.6 Å². The van der Waals surface area contributed by atoms with Crippen LogP contribution in [0.2, 0.25) is 0 Å². The molecule has 1 aromatic rings. The van der Waals surface area contributed by atoms with Crippen molar-refractivity contribution in [2.45, 2.75) is 6.92 Å². The van der Waals surface area contributed by atoms with Crippen LogP contribution < -0.4 is 11.2 Å². The normalized spacial score (nSPS) is 11.1. The summed E-state index contributed by atoms with van der Waals surface area (Å²) in [6, 6.07) is 7.18. The number of hydrazine groups is 1. The minimum Gasteiger partial charge on any atom is -0.365 e. The molecule has 0 spiro atoms. The van der Waals surface area contributed by atoms with E-state index in [1.54, 1.807) is 23.6 Å². The molecule has 0 aromatic heterocycles. The monoisotopic (exact) mass is 194 g/mol. The molecular weight excluding hydrogens is 184 g/mol. The molecule has 14 heavy (non-hydrogen) atoms. The minimum absolute atomic E-state index is 0.236. The molecule has 0 aliphatic rings. The van der Waals surface area contributed by atoms with Crippen LogP contribution >= 0.6 is 0 Å². The lowest BCUT2D eigenvalue weighted by Crippen LogP contribution is -2.35. The molecule has 3 N–H and O–H groups in total. The number of guanidine groups is 1. The average molecular weight is 194 g/mol. The summed E-state index contributed by atoms with van der Waals surface area (Å²) >= 11 is 0. The van der Waals surface area contributed by atoms with Gasteiger partial charge in [0.15, 0.2) is 5.03 Å². The lowest BCUT2D eigenvalue weighted by Gasteiger charge is -1.97. The maximum absolute atomic E-state index is 10.0. The molecule has 1 aromatic carbocycles. The third-order valence-electron chi connectivity index (χ3n) is 1.46. The first kappa shape index (κ1) is 9.97. The number of nitro groups is 1. The number of benzene rings is 1. The van der Waals surface area contributed by atoms with Gasteiger partial charge in [-0.05, 0) is 24.6 Å². The number of nitrogens with one attached hydrogen (secondary N) is 1. The van der Waals surface area contributed by atoms with Gasteiger partial charge in [-0.3, -0.25) is 0 Å². The van der Waals surface area contributed by atoms with Crippen molar-refractivity contribution in [1.29, 1.82) is 0 Å². The highest BCUT2D eigenvalue weighted by atomic mass is 16.7. The van der Waals surface area contributed by atoms with Gasteiger partial charge in [-0.15, -0.1) is 0 Å². The number of nitrogens with two attached hydrogens (primary N) is 1. The first-order chi connectivity index (χ1) is 6.58. The molecule has 0 saturated carbocycles. The maximum atomic E-state index is 10.0. The van der Waals surface area contributed by atoms with Crippen LogP contribution in [0.1, 0.15) is 5.56 Å². The maximum Gasteiger partial charge on any atom is 0.256 e. The Morgan fingerprint density at radius 2 is 2.36 bits per heavy atom. The van der Waals surface area contributed by atoms with E-state index in [-0.39, 0.29) is 5.96 Å². The van der Waals surface area contributed by atoms with Crippen LogP contribution in [0.3, 0.4) is 0 Å². The van der Waals surface area contributed by atoms with E-state index in [0.29, 0.717) is 5.69 Å². The number of aryl methyl sites for hydroxylation is 1. The molecule has 0 atom stereocenters. The molecule has 6 nitrogen and oxygen atoms in total. The largest absolute Gasteiger partial charge is 0.365 e. The van der Waals surface area contributed by atoms with Gasteiger partial charge in [0, 0.05) is 0 Å². The first-order valence-electron chi connectivity index (χ1n) is 3.90. The van der Waals surface area contributed by atoms with E-state index in [4.69, 9.17) is 5.73 Å². The quantitative estimate of drug-likeness (QED) is 0.314. The number of nitrogens with zero attached hydrogens (tertiary/aromatic N) is 2. The molecule has 1 rings (SSSR count). The standard InChI is InChI=1S/C8H10N4O2/c1-6-3-2-4-7(5-6)10-8(9)11-12(13)14/h2-5H,1H3,(H3,9,10,11). The lowest BCUT2D eigenvalue weighted by atomic mass is 10.2. The van der Waals surface area contributed by atoms with E-state index < -0.39 is 5.03 Å². The smallest absolute Gasteiger partial charge is 0.256 e. The highest BCUT2D eigenvalue weighted by Crippen LogP contribution is 2.12. The second kappa shape index (κ2) is 4.22. The van der Waals surface area contributed by atoms with Crippen molar-refractivity contribution >= 4 is 11.6 Å². The van der Waals surface area contributed by atoms with Crippen LogP contribution in [0.15, 0.2) is 29.3 Å². The number of hydrogen-bond donors (Lipinski definition) is 2. The van der Waals surface area contributed by atoms with Crippen molar-refractivity contribution in [3.8, 4) is 0 Å². The van der Waals surface area contributed by atoms with Crippen LogP contribution in [0, 0.1) is 17.0 Å². The first-order valence-corrected chi connectivity index (χ1v) is 3.90. The van der Waals surface area contributed by atoms with Crippen LogP contribution in [0.5, 0.6) is 0 Å². The number of rotatable bonds is 2. The predicted molar refractivity (Wildman–Crippen MR) is 52.6 cm³/mol. The van der Waals surface area contributed by atoms with Crippen molar-refractivity contribution in [3.63, 3.8) is 0 Å². The zero-order valence-electron chi connectivity index (χ0n) is 7.60. The summed E-state index contributed by atoms with van der Waals surface area (Å²) in [7, 11) is 0. The number of hydrogen-bond acceptors (Lipinski definition) is 3. The fourth-order valence-corrected chi connectivity index (χ4v) is 0.955. The van der Waals surface area contributed by atoms with Gasteiger partial charge in [0.05, 0.1) is 5.69 Å². The number of aliphatic imine (C=N–C) groups is 1. The second-order valence-corrected chi connectivity index (χ2v) is 2.70. The Hall–Kier alpha value is -2.11. The molecule has 0 heterocycles. The molecule has 0 radical (unpaired) electrons. The molecule has 74 valence electrons. The summed E-state index contributed by atoms with van der Waals surface area (Å²) < 4.78 is 0. The predicted octanol–water partition coefficient (Wildman–Crippen LogP) is 0.723. The second-order valence-electron chi connectivity index (χ2n) is 2.70. The zero-order valence-corrected chi connectivity index (χ0v) is 7.60. The Bertz CT molecular complexity index is 375. The van der Waals surface area contributed by atoms with E-state index in [2.05, 4.69) is 4.99 Å². The van der Waals surface area contributed by atoms with E-state index >= 15 is 0 Å². The van der Waals surface area contributed by atoms with Gasteiger partial charge in [-0.2, -0.15) is 0 Å². The Labute approximate surface area is 80.6 Å². The molecule has 0 amide bonds. The molecule has 6 heteroatoms. The fourth-order valence-electron chi connectivity index (χ4n) is 0.955. The summed E-state index contributed by atoms with van der Waals surface area (Å²) in [5, 5.41) is 9.25. The van der Waals surface area contributed by atoms with Crippen molar-refractivity contribution < 1.29 is 5.03 Å². The van der Waals surface area contributed by atoms with Gasteiger partial charge < -0.3 is 5.73 Å². The molecule has 0 unspecified atom stereocenters.